The van der Waals surface area contributed by atoms with Gasteiger partial charge >= 0.3 is 0 Å². The van der Waals surface area contributed by atoms with E-state index in [4.69, 9.17) is 17.3 Å². The average molecular weight is 202 g/mol. The van der Waals surface area contributed by atoms with E-state index in [1.807, 2.05) is 6.92 Å². The summed E-state index contributed by atoms with van der Waals surface area (Å²) in [4.78, 5) is 4.38. The van der Waals surface area contributed by atoms with Crippen molar-refractivity contribution in [1.29, 1.82) is 0 Å². The highest BCUT2D eigenvalue weighted by Crippen LogP contribution is 2.11. The summed E-state index contributed by atoms with van der Waals surface area (Å²) < 4.78 is 0. The molecule has 1 aliphatic rings. The van der Waals surface area contributed by atoms with E-state index in [2.05, 4.69) is 10.3 Å². The Labute approximate surface area is 84.1 Å². The van der Waals surface area contributed by atoms with E-state index in [-0.39, 0.29) is 0 Å². The number of nitrogens with one attached hydrogen (secondary N) is 1. The molecule has 3 nitrogen and oxygen atoms in total. The summed E-state index contributed by atoms with van der Waals surface area (Å²) in [5.41, 5.74) is 7.36. The van der Waals surface area contributed by atoms with Crippen molar-refractivity contribution in [3.8, 4) is 0 Å². The number of halogens is 1. The summed E-state index contributed by atoms with van der Waals surface area (Å²) in [6.45, 7) is 4.57. The molecule has 13 heavy (non-hydrogen) atoms. The Balaban J connectivity index is 2.74. The van der Waals surface area contributed by atoms with Crippen molar-refractivity contribution in [2.45, 2.75) is 19.8 Å². The molecule has 1 aliphatic heterocycles. The monoisotopic (exact) mass is 201 g/mol. The van der Waals surface area contributed by atoms with Crippen molar-refractivity contribution >= 4 is 17.3 Å². The maximum Gasteiger partial charge on any atom is 0.0816 e. The van der Waals surface area contributed by atoms with Crippen LogP contribution in [0.15, 0.2) is 15.7 Å². The van der Waals surface area contributed by atoms with E-state index < -0.39 is 0 Å². The van der Waals surface area contributed by atoms with E-state index in [0.717, 1.165) is 43.9 Å². The van der Waals surface area contributed by atoms with Gasteiger partial charge in [0.2, 0.25) is 0 Å². The first-order valence-electron chi connectivity index (χ1n) is 4.64. The lowest BCUT2D eigenvalue weighted by Gasteiger charge is -2.06. The van der Waals surface area contributed by atoms with Crippen LogP contribution in [-0.2, 0) is 0 Å². The first-order valence-corrected chi connectivity index (χ1v) is 5.02. The van der Waals surface area contributed by atoms with Gasteiger partial charge in [0.25, 0.3) is 0 Å². The molecule has 0 saturated carbocycles. The van der Waals surface area contributed by atoms with E-state index in [0.29, 0.717) is 5.03 Å². The molecule has 74 valence electrons. The van der Waals surface area contributed by atoms with E-state index in [1.165, 1.54) is 0 Å². The fourth-order valence-corrected chi connectivity index (χ4v) is 1.43. The largest absolute Gasteiger partial charge is 0.401 e. The van der Waals surface area contributed by atoms with Crippen molar-refractivity contribution in [3.63, 3.8) is 0 Å². The van der Waals surface area contributed by atoms with Crippen LogP contribution in [-0.4, -0.2) is 25.3 Å². The Kier molecular flexibility index (Phi) is 4.25. The summed E-state index contributed by atoms with van der Waals surface area (Å²) in [5.74, 6) is 0. The highest BCUT2D eigenvalue weighted by molar-refractivity contribution is 6.44. The van der Waals surface area contributed by atoms with E-state index >= 15 is 0 Å². The molecule has 0 aliphatic carbocycles. The molecular formula is C9H16ClN3. The third-order valence-corrected chi connectivity index (χ3v) is 2.48. The Bertz CT molecular complexity index is 233. The Hall–Kier alpha value is -0.540. The summed E-state index contributed by atoms with van der Waals surface area (Å²) in [6, 6.07) is 0. The Morgan fingerprint density at radius 2 is 2.46 bits per heavy atom. The van der Waals surface area contributed by atoms with Gasteiger partial charge in [-0.05, 0) is 19.4 Å². The molecule has 4 heteroatoms. The SMILES string of the molecule is CC/C(N)=C(\Cl)C1=NCCCNC1. The maximum absolute atomic E-state index is 6.07. The lowest BCUT2D eigenvalue weighted by atomic mass is 10.2. The zero-order valence-electron chi connectivity index (χ0n) is 7.94. The first-order chi connectivity index (χ1) is 6.25. The number of hydrogen-bond donors (Lipinski definition) is 2. The topological polar surface area (TPSA) is 50.4 Å². The van der Waals surface area contributed by atoms with Crippen molar-refractivity contribution in [2.75, 3.05) is 19.6 Å². The van der Waals surface area contributed by atoms with Crippen molar-refractivity contribution in [1.82, 2.24) is 5.32 Å². The fraction of sp³-hybridized carbons (Fsp3) is 0.667. The van der Waals surface area contributed by atoms with Gasteiger partial charge in [-0.25, -0.2) is 0 Å². The van der Waals surface area contributed by atoms with Crippen LogP contribution in [0.1, 0.15) is 19.8 Å². The molecule has 0 atom stereocenters. The molecule has 0 saturated heterocycles. The summed E-state index contributed by atoms with van der Waals surface area (Å²) in [6.07, 6.45) is 1.84. The molecule has 3 N–H and O–H groups in total. The minimum atomic E-state index is 0.636. The first kappa shape index (κ1) is 10.5. The van der Waals surface area contributed by atoms with Crippen LogP contribution < -0.4 is 11.1 Å². The average Bonchev–Trinajstić information content (AvgIpc) is 2.43. The highest BCUT2D eigenvalue weighted by Gasteiger charge is 2.09. The van der Waals surface area contributed by atoms with Crippen LogP contribution in [0.5, 0.6) is 0 Å². The number of rotatable bonds is 2. The van der Waals surface area contributed by atoms with E-state index in [9.17, 15) is 0 Å². The molecule has 0 amide bonds. The molecular weight excluding hydrogens is 186 g/mol. The van der Waals surface area contributed by atoms with Gasteiger partial charge in [-0.15, -0.1) is 0 Å². The second kappa shape index (κ2) is 5.25. The fourth-order valence-electron chi connectivity index (χ4n) is 1.17. The van der Waals surface area contributed by atoms with Crippen LogP contribution in [0.25, 0.3) is 0 Å². The minimum Gasteiger partial charge on any atom is -0.401 e. The molecule has 0 radical (unpaired) electrons. The molecule has 0 aromatic heterocycles. The maximum atomic E-state index is 6.07. The minimum absolute atomic E-state index is 0.636. The van der Waals surface area contributed by atoms with Gasteiger partial charge < -0.3 is 11.1 Å². The van der Waals surface area contributed by atoms with Gasteiger partial charge in [0.15, 0.2) is 0 Å². The highest BCUT2D eigenvalue weighted by atomic mass is 35.5. The van der Waals surface area contributed by atoms with Gasteiger partial charge in [0.05, 0.1) is 10.7 Å². The van der Waals surface area contributed by atoms with Crippen LogP contribution in [0, 0.1) is 0 Å². The smallest absolute Gasteiger partial charge is 0.0816 e. The molecule has 1 heterocycles. The van der Waals surface area contributed by atoms with Gasteiger partial charge in [-0.3, -0.25) is 4.99 Å². The van der Waals surface area contributed by atoms with Gasteiger partial charge in [0, 0.05) is 18.8 Å². The predicted octanol–water partition coefficient (Wildman–Crippen LogP) is 1.24. The number of hydrogen-bond acceptors (Lipinski definition) is 3. The van der Waals surface area contributed by atoms with Crippen LogP contribution >= 0.6 is 11.6 Å². The molecule has 0 aromatic rings. The lowest BCUT2D eigenvalue weighted by Crippen LogP contribution is -2.23. The second-order valence-corrected chi connectivity index (χ2v) is 3.43. The summed E-state index contributed by atoms with van der Waals surface area (Å²) in [5, 5.41) is 3.89. The molecule has 0 spiro atoms. The zero-order valence-corrected chi connectivity index (χ0v) is 8.69. The number of nitrogens with zero attached hydrogens (tertiary/aromatic N) is 1. The predicted molar refractivity (Wildman–Crippen MR) is 57.1 cm³/mol. The normalized spacial score (nSPS) is 20.3. The lowest BCUT2D eigenvalue weighted by molar-refractivity contribution is 0.735. The van der Waals surface area contributed by atoms with Crippen molar-refractivity contribution in [3.05, 3.63) is 10.7 Å². The molecule has 0 fully saturated rings. The summed E-state index contributed by atoms with van der Waals surface area (Å²) in [7, 11) is 0. The number of aliphatic imine (C=N–C) groups is 1. The quantitative estimate of drug-likeness (QED) is 0.707. The Morgan fingerprint density at radius 1 is 1.69 bits per heavy atom. The molecule has 0 aromatic carbocycles. The molecule has 0 unspecified atom stereocenters. The summed E-state index contributed by atoms with van der Waals surface area (Å²) >= 11 is 6.07. The third kappa shape index (κ3) is 3.01. The van der Waals surface area contributed by atoms with Gasteiger partial charge in [-0.2, -0.15) is 0 Å². The number of allylic oxidation sites excluding steroid dienone is 1. The third-order valence-electron chi connectivity index (χ3n) is 2.02. The Morgan fingerprint density at radius 3 is 3.15 bits per heavy atom. The van der Waals surface area contributed by atoms with E-state index in [1.54, 1.807) is 0 Å². The molecule has 0 bridgehead atoms. The molecule has 1 rings (SSSR count). The van der Waals surface area contributed by atoms with Crippen LogP contribution in [0.4, 0.5) is 0 Å². The standard InChI is InChI=1S/C9H16ClN3/c1-2-7(11)9(10)8-6-12-4-3-5-13-8/h12H,2-6,11H2,1H3/b9-7+. The van der Waals surface area contributed by atoms with Crippen molar-refractivity contribution < 1.29 is 0 Å². The van der Waals surface area contributed by atoms with Crippen molar-refractivity contribution in [2.24, 2.45) is 10.7 Å². The van der Waals surface area contributed by atoms with Crippen LogP contribution in [0.2, 0.25) is 0 Å². The van der Waals surface area contributed by atoms with Gasteiger partial charge in [-0.1, -0.05) is 18.5 Å². The number of nitrogens with two attached hydrogens (primary N) is 1. The second-order valence-electron chi connectivity index (χ2n) is 3.05. The zero-order chi connectivity index (χ0) is 9.68. The van der Waals surface area contributed by atoms with Gasteiger partial charge in [0.1, 0.15) is 0 Å². The van der Waals surface area contributed by atoms with Crippen LogP contribution in [0.3, 0.4) is 0 Å².